The Kier molecular flexibility index (Phi) is 18.2. The second-order valence-corrected chi connectivity index (χ2v) is 15.5. The number of carbonyl (C=O) groups excluding carboxylic acids is 3. The maximum Gasteiger partial charge on any atom is 0.416 e. The number of urea groups is 2. The van der Waals surface area contributed by atoms with Crippen molar-refractivity contribution in [3.8, 4) is 5.75 Å². The molecule has 5 amide bonds. The highest BCUT2D eigenvalue weighted by Crippen LogP contribution is 2.33. The van der Waals surface area contributed by atoms with E-state index in [2.05, 4.69) is 33.5 Å². The molecule has 0 bridgehead atoms. The molecule has 2 aliphatic rings. The lowest BCUT2D eigenvalue weighted by molar-refractivity contribution is -0.293. The summed E-state index contributed by atoms with van der Waals surface area (Å²) in [7, 11) is 0. The number of carbonyl (C=O) groups is 3. The maximum absolute atomic E-state index is 13.8. The van der Waals surface area contributed by atoms with Gasteiger partial charge in [-0.25, -0.2) is 9.59 Å². The smallest absolute Gasteiger partial charge is 0.416 e. The molecule has 0 saturated carbocycles. The molecule has 3 aromatic carbocycles. The number of benzene rings is 3. The van der Waals surface area contributed by atoms with E-state index in [1.165, 1.54) is 18.2 Å². The molecule has 2 aliphatic heterocycles. The number of rotatable bonds is 18. The van der Waals surface area contributed by atoms with Gasteiger partial charge in [0, 0.05) is 16.9 Å². The first-order chi connectivity index (χ1) is 30.9. The van der Waals surface area contributed by atoms with Crippen LogP contribution in [0.15, 0.2) is 72.8 Å². The summed E-state index contributed by atoms with van der Waals surface area (Å²) in [5, 5.41) is 54.5. The van der Waals surface area contributed by atoms with Crippen molar-refractivity contribution in [3.63, 3.8) is 0 Å². The van der Waals surface area contributed by atoms with Crippen molar-refractivity contribution >= 4 is 29.3 Å². The van der Waals surface area contributed by atoms with Gasteiger partial charge < -0.3 is 66.0 Å². The van der Waals surface area contributed by atoms with E-state index >= 15 is 0 Å². The topological polar surface area (TPSA) is 229 Å². The number of ether oxygens (including phenoxy) is 4. The van der Waals surface area contributed by atoms with Gasteiger partial charge in [0.05, 0.1) is 49.6 Å². The number of aliphatic hydroxyl groups excluding tert-OH is 4. The number of nitrogens with one attached hydrogen (secondary N) is 5. The van der Waals surface area contributed by atoms with Crippen LogP contribution in [0.1, 0.15) is 66.9 Å². The summed E-state index contributed by atoms with van der Waals surface area (Å²) in [4.78, 5) is 40.5. The van der Waals surface area contributed by atoms with Crippen molar-refractivity contribution in [3.05, 3.63) is 89.5 Å². The van der Waals surface area contributed by atoms with Crippen LogP contribution in [0.25, 0.3) is 0 Å². The minimum absolute atomic E-state index is 0.100. The zero-order valence-corrected chi connectivity index (χ0v) is 35.1. The molecule has 0 radical (unpaired) electrons. The molecule has 0 aliphatic carbocycles. The molecule has 2 heterocycles. The van der Waals surface area contributed by atoms with Crippen LogP contribution in [0.5, 0.6) is 5.75 Å². The van der Waals surface area contributed by atoms with Gasteiger partial charge in [-0.05, 0) is 67.1 Å². The predicted octanol–water partition coefficient (Wildman–Crippen LogP) is 5.16. The summed E-state index contributed by atoms with van der Waals surface area (Å²) in [6, 6.07) is 6.52. The minimum atomic E-state index is -4.76. The van der Waals surface area contributed by atoms with E-state index in [0.717, 1.165) is 68.9 Å². The molecule has 2 saturated heterocycles. The quantitative estimate of drug-likeness (QED) is 0.0598. The average Bonchev–Trinajstić information content (AvgIpc) is 3.26. The lowest BCUT2D eigenvalue weighted by Gasteiger charge is -2.47. The van der Waals surface area contributed by atoms with Crippen molar-refractivity contribution in [2.45, 2.75) is 113 Å². The molecule has 358 valence electrons. The average molecular weight is 930 g/mol. The zero-order valence-electron chi connectivity index (χ0n) is 35.1. The molecular formula is C43H53F6N5O11. The van der Waals surface area contributed by atoms with Gasteiger partial charge >= 0.3 is 24.4 Å². The highest BCUT2D eigenvalue weighted by atomic mass is 19.4. The number of amides is 5. The molecular weight excluding hydrogens is 876 g/mol. The van der Waals surface area contributed by atoms with Crippen LogP contribution in [0.2, 0.25) is 0 Å². The number of unbranched alkanes of at least 4 members (excludes halogenated alkanes) is 5. The normalized spacial score (nSPS) is 24.7. The molecule has 0 unspecified atom stereocenters. The Labute approximate surface area is 370 Å². The Hall–Kier alpha value is -5.23. The van der Waals surface area contributed by atoms with E-state index in [1.807, 2.05) is 0 Å². The molecule has 0 spiro atoms. The molecule has 22 heteroatoms. The van der Waals surface area contributed by atoms with Crippen molar-refractivity contribution in [2.24, 2.45) is 0 Å². The Morgan fingerprint density at radius 3 is 1.85 bits per heavy atom. The van der Waals surface area contributed by atoms with Crippen LogP contribution in [0.4, 0.5) is 47.3 Å². The number of alkyl halides is 6. The molecule has 2 fully saturated rings. The van der Waals surface area contributed by atoms with Gasteiger partial charge in [-0.1, -0.05) is 51.2 Å². The third-order valence-corrected chi connectivity index (χ3v) is 10.7. The molecule has 16 nitrogen and oxygen atoms in total. The molecule has 9 atom stereocenters. The lowest BCUT2D eigenvalue weighted by Crippen LogP contribution is -2.70. The van der Waals surface area contributed by atoms with Crippen LogP contribution in [-0.4, -0.2) is 120 Å². The van der Waals surface area contributed by atoms with E-state index in [4.69, 9.17) is 18.9 Å². The summed E-state index contributed by atoms with van der Waals surface area (Å²) in [5.74, 6) is -0.253. The van der Waals surface area contributed by atoms with Gasteiger partial charge in [0.15, 0.2) is 6.29 Å². The van der Waals surface area contributed by atoms with Crippen molar-refractivity contribution in [1.29, 1.82) is 0 Å². The van der Waals surface area contributed by atoms with Crippen LogP contribution >= 0.6 is 0 Å². The Bertz CT molecular complexity index is 2010. The standard InChI is InChI=1S/C43H53F6N5O11/c1-2-3-4-5-6-7-18-62-29-16-14-24(15-17-29)38(59)53-33-31(21-55)63-23-30(52-40(60)50-27-12-8-10-25(19-27)42(44,45)46)37(33)65-39-34(36(58)35(57)32(22-56)64-39)54-41(61)51-28-13-9-11-26(20-28)43(47,48)49/h8-17,19-20,30-37,39,55-58H,2-7,18,21-23H2,1H3,(H,53,59)(H2,50,52,60)(H2,51,54,61)/t30-,31+,32+,33-,34+,35+,36+,37+,39-/m0/s1. The first kappa shape index (κ1) is 50.8. The Morgan fingerprint density at radius 2 is 1.28 bits per heavy atom. The van der Waals surface area contributed by atoms with Gasteiger partial charge in [0.25, 0.3) is 5.91 Å². The summed E-state index contributed by atoms with van der Waals surface area (Å²) >= 11 is 0. The largest absolute Gasteiger partial charge is 0.494 e. The van der Waals surface area contributed by atoms with Gasteiger partial charge in [0.1, 0.15) is 42.3 Å². The Morgan fingerprint density at radius 1 is 0.708 bits per heavy atom. The van der Waals surface area contributed by atoms with E-state index in [-0.39, 0.29) is 16.9 Å². The van der Waals surface area contributed by atoms with Gasteiger partial charge in [0.2, 0.25) is 0 Å². The van der Waals surface area contributed by atoms with Crippen LogP contribution in [-0.2, 0) is 26.6 Å². The summed E-state index contributed by atoms with van der Waals surface area (Å²) < 4.78 is 104. The van der Waals surface area contributed by atoms with Gasteiger partial charge in [-0.3, -0.25) is 4.79 Å². The summed E-state index contributed by atoms with van der Waals surface area (Å²) in [6.45, 7) is 0.450. The fourth-order valence-corrected chi connectivity index (χ4v) is 7.25. The third-order valence-electron chi connectivity index (χ3n) is 10.7. The van der Waals surface area contributed by atoms with E-state index in [1.54, 1.807) is 12.1 Å². The first-order valence-electron chi connectivity index (χ1n) is 21.0. The van der Waals surface area contributed by atoms with Crippen LogP contribution in [0, 0.1) is 0 Å². The number of aliphatic hydroxyl groups is 4. The zero-order chi connectivity index (χ0) is 47.3. The molecule has 5 rings (SSSR count). The molecule has 9 N–H and O–H groups in total. The SMILES string of the molecule is CCCCCCCCOc1ccc(C(=O)N[C@@H]2[C@H](O[C@@H]3O[C@H](CO)[C@@H](O)[C@H](O)[C@H]3NC(=O)Nc3cccc(C(F)(F)F)c3)[C@@H](NC(=O)Nc3cccc(C(F)(F)F)c3)CO[C@@H]2CO)cc1. The third kappa shape index (κ3) is 14.4. The molecule has 65 heavy (non-hydrogen) atoms. The van der Waals surface area contributed by atoms with Crippen LogP contribution < -0.4 is 31.3 Å². The highest BCUT2D eigenvalue weighted by Gasteiger charge is 2.50. The predicted molar refractivity (Wildman–Crippen MR) is 221 cm³/mol. The van der Waals surface area contributed by atoms with Crippen molar-refractivity contribution in [2.75, 3.05) is 37.1 Å². The van der Waals surface area contributed by atoms with Gasteiger partial charge in [-0.15, -0.1) is 0 Å². The van der Waals surface area contributed by atoms with Crippen LogP contribution in [0.3, 0.4) is 0 Å². The number of anilines is 2. The maximum atomic E-state index is 13.8. The number of halogens is 6. The number of hydrogen-bond acceptors (Lipinski definition) is 11. The van der Waals surface area contributed by atoms with E-state index in [0.29, 0.717) is 24.5 Å². The fraction of sp³-hybridized carbons (Fsp3) is 0.512. The highest BCUT2D eigenvalue weighted by molar-refractivity contribution is 5.94. The first-order valence-corrected chi connectivity index (χ1v) is 21.0. The second-order valence-electron chi connectivity index (χ2n) is 15.5. The lowest BCUT2D eigenvalue weighted by atomic mass is 9.93. The summed E-state index contributed by atoms with van der Waals surface area (Å²) in [6.07, 6.45) is -13.3. The summed E-state index contributed by atoms with van der Waals surface area (Å²) in [5.41, 5.74) is -2.64. The van der Waals surface area contributed by atoms with Crippen molar-refractivity contribution in [1.82, 2.24) is 16.0 Å². The van der Waals surface area contributed by atoms with Crippen molar-refractivity contribution < 1.29 is 80.1 Å². The fourth-order valence-electron chi connectivity index (χ4n) is 7.25. The van der Waals surface area contributed by atoms with Gasteiger partial charge in [-0.2, -0.15) is 26.3 Å². The van der Waals surface area contributed by atoms with E-state index in [9.17, 15) is 61.2 Å². The minimum Gasteiger partial charge on any atom is -0.494 e. The van der Waals surface area contributed by atoms with E-state index < -0.39 is 116 Å². The number of hydrogen-bond donors (Lipinski definition) is 9. The Balaban J connectivity index is 1.41. The molecule has 0 aromatic heterocycles. The molecule has 3 aromatic rings. The second kappa shape index (κ2) is 23.3. The monoisotopic (exact) mass is 929 g/mol.